The van der Waals surface area contributed by atoms with Gasteiger partial charge in [0.05, 0.1) is 18.9 Å². The molecule has 1 aromatic rings. The number of aromatic nitrogens is 1. The lowest BCUT2D eigenvalue weighted by Gasteiger charge is -2.31. The van der Waals surface area contributed by atoms with Crippen molar-refractivity contribution in [1.82, 2.24) is 20.1 Å². The number of rotatable bonds is 7. The van der Waals surface area contributed by atoms with Crippen LogP contribution in [0.3, 0.4) is 0 Å². The van der Waals surface area contributed by atoms with Crippen LogP contribution in [0.2, 0.25) is 0 Å². The fourth-order valence-corrected chi connectivity index (χ4v) is 4.30. The van der Waals surface area contributed by atoms with E-state index in [0.29, 0.717) is 11.7 Å². The summed E-state index contributed by atoms with van der Waals surface area (Å²) >= 11 is 1.39. The van der Waals surface area contributed by atoms with Gasteiger partial charge in [0, 0.05) is 37.6 Å². The van der Waals surface area contributed by atoms with Gasteiger partial charge in [-0.2, -0.15) is 0 Å². The van der Waals surface area contributed by atoms with Gasteiger partial charge in [0.25, 0.3) is 0 Å². The van der Waals surface area contributed by atoms with Gasteiger partial charge in [-0.25, -0.2) is 9.78 Å². The minimum Gasteiger partial charge on any atom is -0.379 e. The first-order valence-electron chi connectivity index (χ1n) is 10.2. The summed E-state index contributed by atoms with van der Waals surface area (Å²) in [5, 5.41) is 8.40. The van der Waals surface area contributed by atoms with Crippen molar-refractivity contribution in [2.45, 2.75) is 45.1 Å². The SMILES string of the molecule is Cc1csc(NC(=O)CN(CCN2CCOCC2)C(=O)NC2CCCCC2)n1. The fraction of sp³-hybridized carbons (Fsp3) is 0.737. The van der Waals surface area contributed by atoms with Gasteiger partial charge < -0.3 is 20.3 Å². The Morgan fingerprint density at radius 1 is 1.29 bits per heavy atom. The van der Waals surface area contributed by atoms with Gasteiger partial charge in [-0.3, -0.25) is 9.69 Å². The Hall–Kier alpha value is -1.71. The predicted octanol–water partition coefficient (Wildman–Crippen LogP) is 2.07. The Labute approximate surface area is 170 Å². The van der Waals surface area contributed by atoms with Crippen molar-refractivity contribution < 1.29 is 14.3 Å². The smallest absolute Gasteiger partial charge is 0.318 e. The molecule has 0 radical (unpaired) electrons. The van der Waals surface area contributed by atoms with Crippen molar-refractivity contribution in [3.63, 3.8) is 0 Å². The molecular weight excluding hydrogens is 378 g/mol. The zero-order valence-electron chi connectivity index (χ0n) is 16.6. The minimum absolute atomic E-state index is 0.0293. The van der Waals surface area contributed by atoms with Gasteiger partial charge in [0.15, 0.2) is 5.13 Å². The molecular formula is C19H31N5O3S. The van der Waals surface area contributed by atoms with Gasteiger partial charge in [-0.15, -0.1) is 11.3 Å². The van der Waals surface area contributed by atoms with Crippen LogP contribution in [0.15, 0.2) is 5.38 Å². The number of nitrogens with zero attached hydrogens (tertiary/aromatic N) is 3. The number of hydrogen-bond donors (Lipinski definition) is 2. The molecule has 1 saturated heterocycles. The van der Waals surface area contributed by atoms with Crippen LogP contribution in [0, 0.1) is 6.92 Å². The molecule has 28 heavy (non-hydrogen) atoms. The van der Waals surface area contributed by atoms with Crippen LogP contribution in [0.5, 0.6) is 0 Å². The first-order chi connectivity index (χ1) is 13.6. The van der Waals surface area contributed by atoms with E-state index in [1.54, 1.807) is 4.90 Å². The second-order valence-electron chi connectivity index (χ2n) is 7.50. The largest absolute Gasteiger partial charge is 0.379 e. The number of morpholine rings is 1. The number of ether oxygens (including phenoxy) is 1. The first-order valence-corrected chi connectivity index (χ1v) is 11.1. The Kier molecular flexibility index (Phi) is 8.05. The highest BCUT2D eigenvalue weighted by Crippen LogP contribution is 2.18. The van der Waals surface area contributed by atoms with Crippen LogP contribution in [-0.2, 0) is 9.53 Å². The molecule has 156 valence electrons. The molecule has 1 aliphatic carbocycles. The molecule has 0 atom stereocenters. The zero-order chi connectivity index (χ0) is 19.8. The molecule has 8 nitrogen and oxygen atoms in total. The summed E-state index contributed by atoms with van der Waals surface area (Å²) in [5.74, 6) is -0.213. The molecule has 0 aromatic carbocycles. The first kappa shape index (κ1) is 21.0. The number of amides is 3. The second-order valence-corrected chi connectivity index (χ2v) is 8.36. The summed E-state index contributed by atoms with van der Waals surface area (Å²) in [6.45, 7) is 6.34. The molecule has 2 N–H and O–H groups in total. The van der Waals surface area contributed by atoms with Crippen LogP contribution in [0.1, 0.15) is 37.8 Å². The topological polar surface area (TPSA) is 86.8 Å². The monoisotopic (exact) mass is 409 g/mol. The van der Waals surface area contributed by atoms with Crippen molar-refractivity contribution in [2.75, 3.05) is 51.3 Å². The van der Waals surface area contributed by atoms with E-state index in [2.05, 4.69) is 20.5 Å². The predicted molar refractivity (Wildman–Crippen MR) is 110 cm³/mol. The van der Waals surface area contributed by atoms with E-state index in [-0.39, 0.29) is 24.5 Å². The van der Waals surface area contributed by atoms with E-state index in [4.69, 9.17) is 4.74 Å². The van der Waals surface area contributed by atoms with E-state index in [0.717, 1.165) is 64.2 Å². The molecule has 0 bridgehead atoms. The van der Waals surface area contributed by atoms with Crippen LogP contribution in [0.4, 0.5) is 9.93 Å². The number of nitrogens with one attached hydrogen (secondary N) is 2. The maximum Gasteiger partial charge on any atom is 0.318 e. The molecule has 2 heterocycles. The fourth-order valence-electron chi connectivity index (χ4n) is 3.60. The van der Waals surface area contributed by atoms with Crippen molar-refractivity contribution in [3.8, 4) is 0 Å². The van der Waals surface area contributed by atoms with Crippen molar-refractivity contribution in [3.05, 3.63) is 11.1 Å². The average molecular weight is 410 g/mol. The van der Waals surface area contributed by atoms with Gasteiger partial charge in [-0.05, 0) is 19.8 Å². The number of anilines is 1. The van der Waals surface area contributed by atoms with Gasteiger partial charge >= 0.3 is 6.03 Å². The highest BCUT2D eigenvalue weighted by atomic mass is 32.1. The third-order valence-corrected chi connectivity index (χ3v) is 6.09. The summed E-state index contributed by atoms with van der Waals surface area (Å²) in [5.41, 5.74) is 0.875. The number of aryl methyl sites for hydroxylation is 1. The lowest BCUT2D eigenvalue weighted by Crippen LogP contribution is -2.51. The second kappa shape index (κ2) is 10.7. The summed E-state index contributed by atoms with van der Waals surface area (Å²) < 4.78 is 5.38. The number of carbonyl (C=O) groups is 2. The molecule has 2 fully saturated rings. The molecule has 2 aliphatic rings. The number of carbonyl (C=O) groups excluding carboxylic acids is 2. The standard InChI is InChI=1S/C19H31N5O3S/c1-15-14-28-18(20-15)22-17(25)13-24(8-7-23-9-11-27-12-10-23)19(26)21-16-5-3-2-4-6-16/h14,16H,2-13H2,1H3,(H,21,26)(H,20,22,25). The number of urea groups is 1. The lowest BCUT2D eigenvalue weighted by molar-refractivity contribution is -0.116. The van der Waals surface area contributed by atoms with Crippen molar-refractivity contribution in [1.29, 1.82) is 0 Å². The molecule has 1 aromatic heterocycles. The van der Waals surface area contributed by atoms with E-state index >= 15 is 0 Å². The van der Waals surface area contributed by atoms with E-state index in [9.17, 15) is 9.59 Å². The summed E-state index contributed by atoms with van der Waals surface area (Å²) in [4.78, 5) is 33.5. The van der Waals surface area contributed by atoms with Crippen LogP contribution in [-0.4, -0.2) is 78.7 Å². The minimum atomic E-state index is -0.213. The Bertz CT molecular complexity index is 641. The summed E-state index contributed by atoms with van der Waals surface area (Å²) in [6.07, 6.45) is 5.59. The molecule has 1 aliphatic heterocycles. The van der Waals surface area contributed by atoms with E-state index in [1.807, 2.05) is 12.3 Å². The third kappa shape index (κ3) is 6.72. The molecule has 3 rings (SSSR count). The van der Waals surface area contributed by atoms with Crippen molar-refractivity contribution >= 4 is 28.4 Å². The normalized spacial score (nSPS) is 18.6. The quantitative estimate of drug-likeness (QED) is 0.720. The molecule has 1 saturated carbocycles. The van der Waals surface area contributed by atoms with Crippen molar-refractivity contribution in [2.24, 2.45) is 0 Å². The van der Waals surface area contributed by atoms with Gasteiger partial charge in [0.1, 0.15) is 6.54 Å². The highest BCUT2D eigenvalue weighted by molar-refractivity contribution is 7.13. The van der Waals surface area contributed by atoms with Crippen LogP contribution >= 0.6 is 11.3 Å². The molecule has 0 spiro atoms. The zero-order valence-corrected chi connectivity index (χ0v) is 17.4. The van der Waals surface area contributed by atoms with E-state index in [1.165, 1.54) is 17.8 Å². The molecule has 9 heteroatoms. The van der Waals surface area contributed by atoms with Gasteiger partial charge in [0.2, 0.25) is 5.91 Å². The molecule has 3 amide bonds. The average Bonchev–Trinajstić information content (AvgIpc) is 3.11. The maximum absolute atomic E-state index is 12.9. The summed E-state index contributed by atoms with van der Waals surface area (Å²) in [6, 6.07) is 0.0717. The Morgan fingerprint density at radius 3 is 2.71 bits per heavy atom. The van der Waals surface area contributed by atoms with Crippen LogP contribution in [0.25, 0.3) is 0 Å². The van der Waals surface area contributed by atoms with Gasteiger partial charge in [-0.1, -0.05) is 19.3 Å². The molecule has 0 unspecified atom stereocenters. The number of hydrogen-bond acceptors (Lipinski definition) is 6. The maximum atomic E-state index is 12.9. The van der Waals surface area contributed by atoms with E-state index < -0.39 is 0 Å². The van der Waals surface area contributed by atoms with Crippen LogP contribution < -0.4 is 10.6 Å². The highest BCUT2D eigenvalue weighted by Gasteiger charge is 2.23. The third-order valence-electron chi connectivity index (χ3n) is 5.21. The number of thiazole rings is 1. The Morgan fingerprint density at radius 2 is 2.04 bits per heavy atom. The summed E-state index contributed by atoms with van der Waals surface area (Å²) in [7, 11) is 0. The lowest BCUT2D eigenvalue weighted by atomic mass is 9.96. The Balaban J connectivity index is 1.55.